The summed E-state index contributed by atoms with van der Waals surface area (Å²) in [6, 6.07) is 9.19. The van der Waals surface area contributed by atoms with E-state index in [9.17, 15) is 14.0 Å². The summed E-state index contributed by atoms with van der Waals surface area (Å²) in [5, 5.41) is 25.7. The van der Waals surface area contributed by atoms with E-state index in [4.69, 9.17) is 27.9 Å². The third kappa shape index (κ3) is 6.07. The molecule has 5 rings (SSSR count). The van der Waals surface area contributed by atoms with Gasteiger partial charge < -0.3 is 15.4 Å². The van der Waals surface area contributed by atoms with Crippen molar-refractivity contribution in [2.24, 2.45) is 0 Å². The molecular formula is C29H23Cl2F2N7O. The van der Waals surface area contributed by atoms with E-state index in [1.54, 1.807) is 36.0 Å². The molecular weight excluding hydrogens is 571 g/mol. The predicted octanol–water partition coefficient (Wildman–Crippen LogP) is 7.60. The van der Waals surface area contributed by atoms with E-state index in [0.717, 1.165) is 0 Å². The average Bonchev–Trinajstić information content (AvgIpc) is 3.40. The van der Waals surface area contributed by atoms with Crippen molar-refractivity contribution in [1.29, 1.82) is 5.26 Å². The largest absolute Gasteiger partial charge is 0.377 e. The predicted molar refractivity (Wildman–Crippen MR) is 156 cm³/mol. The van der Waals surface area contributed by atoms with E-state index < -0.39 is 17.7 Å². The van der Waals surface area contributed by atoms with Crippen LogP contribution in [-0.2, 0) is 4.74 Å². The summed E-state index contributed by atoms with van der Waals surface area (Å²) >= 11 is 12.6. The highest BCUT2D eigenvalue weighted by Gasteiger charge is 2.25. The molecule has 0 aliphatic carbocycles. The third-order valence-electron chi connectivity index (χ3n) is 6.47. The Morgan fingerprint density at radius 1 is 1.22 bits per heavy atom. The molecule has 41 heavy (non-hydrogen) atoms. The zero-order valence-corrected chi connectivity index (χ0v) is 23.2. The molecule has 12 heteroatoms. The highest BCUT2D eigenvalue weighted by molar-refractivity contribution is 6.36. The fraction of sp³-hybridized carbons (Fsp3) is 0.172. The Morgan fingerprint density at radius 2 is 2.00 bits per heavy atom. The highest BCUT2D eigenvalue weighted by Crippen LogP contribution is 2.37. The Labute approximate surface area is 244 Å². The van der Waals surface area contributed by atoms with Crippen LogP contribution in [0.1, 0.15) is 30.3 Å². The molecule has 0 amide bonds. The van der Waals surface area contributed by atoms with Crippen molar-refractivity contribution >= 4 is 51.2 Å². The fourth-order valence-electron chi connectivity index (χ4n) is 4.16. The van der Waals surface area contributed by atoms with Crippen LogP contribution in [0.25, 0.3) is 10.9 Å². The van der Waals surface area contributed by atoms with Crippen LogP contribution in [0.3, 0.4) is 0 Å². The molecule has 208 valence electrons. The lowest BCUT2D eigenvalue weighted by molar-refractivity contribution is -0.0293. The number of benzene rings is 2. The molecule has 1 saturated heterocycles. The molecule has 3 heterocycles. The van der Waals surface area contributed by atoms with Crippen molar-refractivity contribution in [3.8, 4) is 6.07 Å². The number of nitriles is 1. The standard InChI is InChI=1S/C29H23Cl2F2N7O/c1-3-18(32)5-4-16(2)27(26-13-40(39-38-26)21-14-41-15-21)37-20-8-22-28(36-19-6-7-25(33)23(30)9-19)17(11-34)12-35-29(22)24(31)10-20/h3-10,12-13,21,27,37H,2,14-15H2,1H3,(H,35,36)/b5-4-,18-3+/t27-/m0/s1. The maximum absolute atomic E-state index is 13.9. The molecule has 1 aliphatic rings. The minimum Gasteiger partial charge on any atom is -0.377 e. The number of rotatable bonds is 9. The molecule has 8 nitrogen and oxygen atoms in total. The number of aromatic nitrogens is 4. The normalized spacial score (nSPS) is 14.6. The van der Waals surface area contributed by atoms with Crippen molar-refractivity contribution < 1.29 is 13.5 Å². The van der Waals surface area contributed by atoms with E-state index in [1.165, 1.54) is 36.5 Å². The van der Waals surface area contributed by atoms with Gasteiger partial charge in [0.2, 0.25) is 0 Å². The SMILES string of the molecule is C=C(/C=C\C(F)=C/C)[C@H](Nc1cc(Cl)c2ncc(C#N)c(Nc3ccc(F)c(Cl)c3)c2c1)c1cn(C2COC2)nn1. The number of pyridine rings is 1. The van der Waals surface area contributed by atoms with Crippen molar-refractivity contribution in [3.05, 3.63) is 106 Å². The second-order valence-corrected chi connectivity index (χ2v) is 10.1. The van der Waals surface area contributed by atoms with Crippen LogP contribution in [0.4, 0.5) is 25.8 Å². The Bertz CT molecular complexity index is 1740. The first kappa shape index (κ1) is 28.2. The molecule has 4 aromatic rings. The van der Waals surface area contributed by atoms with E-state index in [2.05, 4.69) is 38.6 Å². The molecule has 0 radical (unpaired) electrons. The van der Waals surface area contributed by atoms with E-state index in [1.807, 2.05) is 0 Å². The number of allylic oxidation sites excluding steroid dienone is 3. The first-order chi connectivity index (χ1) is 19.8. The van der Waals surface area contributed by atoms with Crippen molar-refractivity contribution in [3.63, 3.8) is 0 Å². The average molecular weight is 594 g/mol. The minimum atomic E-state index is -0.612. The lowest BCUT2D eigenvalue weighted by Crippen LogP contribution is -2.31. The zero-order valence-electron chi connectivity index (χ0n) is 21.7. The van der Waals surface area contributed by atoms with Gasteiger partial charge in [0.15, 0.2) is 0 Å². The molecule has 1 fully saturated rings. The number of nitrogens with one attached hydrogen (secondary N) is 2. The smallest absolute Gasteiger partial charge is 0.141 e. The summed E-state index contributed by atoms with van der Waals surface area (Å²) in [4.78, 5) is 4.37. The van der Waals surface area contributed by atoms with Gasteiger partial charge in [-0.2, -0.15) is 5.26 Å². The summed E-state index contributed by atoms with van der Waals surface area (Å²) < 4.78 is 34.6. The van der Waals surface area contributed by atoms with Gasteiger partial charge in [0.25, 0.3) is 0 Å². The third-order valence-corrected chi connectivity index (χ3v) is 7.04. The summed E-state index contributed by atoms with van der Waals surface area (Å²) in [5.41, 5.74) is 3.16. The van der Waals surface area contributed by atoms with E-state index in [0.29, 0.717) is 57.5 Å². The maximum Gasteiger partial charge on any atom is 0.141 e. The van der Waals surface area contributed by atoms with Gasteiger partial charge in [0, 0.05) is 23.0 Å². The number of hydrogen-bond donors (Lipinski definition) is 2. The topological polar surface area (TPSA) is 101 Å². The quantitative estimate of drug-likeness (QED) is 0.193. The lowest BCUT2D eigenvalue weighted by atomic mass is 10.0. The van der Waals surface area contributed by atoms with Crippen LogP contribution in [0.15, 0.2) is 78.9 Å². The van der Waals surface area contributed by atoms with Crippen molar-refractivity contribution in [1.82, 2.24) is 20.0 Å². The van der Waals surface area contributed by atoms with Crippen LogP contribution in [0.2, 0.25) is 10.0 Å². The molecule has 2 aromatic carbocycles. The maximum atomic E-state index is 13.9. The molecule has 1 aliphatic heterocycles. The van der Waals surface area contributed by atoms with Gasteiger partial charge in [0.1, 0.15) is 29.4 Å². The molecule has 2 aromatic heterocycles. The van der Waals surface area contributed by atoms with E-state index >= 15 is 0 Å². The first-order valence-electron chi connectivity index (χ1n) is 12.5. The molecule has 0 unspecified atom stereocenters. The number of hydrogen-bond acceptors (Lipinski definition) is 7. The van der Waals surface area contributed by atoms with Gasteiger partial charge in [-0.15, -0.1) is 5.10 Å². The van der Waals surface area contributed by atoms with Crippen molar-refractivity contribution in [2.45, 2.75) is 19.0 Å². The van der Waals surface area contributed by atoms with Crippen LogP contribution in [0.5, 0.6) is 0 Å². The highest BCUT2D eigenvalue weighted by atomic mass is 35.5. The Balaban J connectivity index is 1.56. The lowest BCUT2D eigenvalue weighted by Gasteiger charge is -2.25. The van der Waals surface area contributed by atoms with Gasteiger partial charge in [-0.1, -0.05) is 47.1 Å². The van der Waals surface area contributed by atoms with Crippen LogP contribution in [0, 0.1) is 17.1 Å². The Morgan fingerprint density at radius 3 is 2.68 bits per heavy atom. The molecule has 0 spiro atoms. The summed E-state index contributed by atoms with van der Waals surface area (Å²) in [7, 11) is 0. The van der Waals surface area contributed by atoms with Crippen LogP contribution in [-0.4, -0.2) is 33.2 Å². The molecule has 0 bridgehead atoms. The summed E-state index contributed by atoms with van der Waals surface area (Å²) in [5.74, 6) is -0.983. The minimum absolute atomic E-state index is 0.0717. The fourth-order valence-corrected chi connectivity index (χ4v) is 4.61. The monoisotopic (exact) mass is 593 g/mol. The zero-order chi connectivity index (χ0) is 29.1. The van der Waals surface area contributed by atoms with Crippen LogP contribution < -0.4 is 10.6 Å². The van der Waals surface area contributed by atoms with Gasteiger partial charge >= 0.3 is 0 Å². The molecule has 0 saturated carbocycles. The first-order valence-corrected chi connectivity index (χ1v) is 13.2. The van der Waals surface area contributed by atoms with E-state index in [-0.39, 0.29) is 16.6 Å². The van der Waals surface area contributed by atoms with Gasteiger partial charge in [0.05, 0.1) is 52.3 Å². The van der Waals surface area contributed by atoms with Gasteiger partial charge in [-0.25, -0.2) is 13.5 Å². The van der Waals surface area contributed by atoms with Gasteiger partial charge in [-0.05, 0) is 48.9 Å². The van der Waals surface area contributed by atoms with Crippen molar-refractivity contribution in [2.75, 3.05) is 23.8 Å². The summed E-state index contributed by atoms with van der Waals surface area (Å²) in [6.07, 6.45) is 7.40. The molecule has 1 atom stereocenters. The number of nitrogens with zero attached hydrogens (tertiary/aromatic N) is 5. The second kappa shape index (κ2) is 12.1. The van der Waals surface area contributed by atoms with Gasteiger partial charge in [-0.3, -0.25) is 4.98 Å². The van der Waals surface area contributed by atoms with Crippen LogP contribution >= 0.6 is 23.2 Å². The number of anilines is 3. The summed E-state index contributed by atoms with van der Waals surface area (Å²) in [6.45, 7) is 6.81. The number of halogens is 4. The second-order valence-electron chi connectivity index (χ2n) is 9.24. The number of fused-ring (bicyclic) bond motifs is 1. The molecule has 2 N–H and O–H groups in total. The Hall–Kier alpha value is -4.30. The number of ether oxygens (including phenoxy) is 1. The Kier molecular flexibility index (Phi) is 8.31.